The highest BCUT2D eigenvalue weighted by Crippen LogP contribution is 2.17. The summed E-state index contributed by atoms with van der Waals surface area (Å²) in [6.07, 6.45) is 2.67. The predicted octanol–water partition coefficient (Wildman–Crippen LogP) is 3.41. The smallest absolute Gasteiger partial charge is 0.119 e. The monoisotopic (exact) mass is 247 g/mol. The molecular formula is C16H25NO. The molecule has 1 aromatic carbocycles. The second-order valence-corrected chi connectivity index (χ2v) is 5.62. The van der Waals surface area contributed by atoms with E-state index in [-0.39, 0.29) is 0 Å². The van der Waals surface area contributed by atoms with E-state index in [1.807, 2.05) is 0 Å². The summed E-state index contributed by atoms with van der Waals surface area (Å²) in [5, 5.41) is 0. The van der Waals surface area contributed by atoms with Crippen LogP contribution in [0.3, 0.4) is 0 Å². The summed E-state index contributed by atoms with van der Waals surface area (Å²) in [5.74, 6) is 1.91. The van der Waals surface area contributed by atoms with Gasteiger partial charge in [-0.1, -0.05) is 13.0 Å². The fraction of sp³-hybridized carbons (Fsp3) is 0.625. The SMILES string of the molecule is Cc1ccc(OCCN2CCC(C)CC2)cc1C. The third-order valence-electron chi connectivity index (χ3n) is 4.03. The van der Waals surface area contributed by atoms with Gasteiger partial charge in [0.05, 0.1) is 0 Å². The Kier molecular flexibility index (Phi) is 4.65. The molecule has 2 rings (SSSR count). The van der Waals surface area contributed by atoms with Crippen molar-refractivity contribution in [1.82, 2.24) is 4.90 Å². The molecule has 1 heterocycles. The Morgan fingerprint density at radius 1 is 1.17 bits per heavy atom. The van der Waals surface area contributed by atoms with Crippen LogP contribution in [0.1, 0.15) is 30.9 Å². The highest BCUT2D eigenvalue weighted by molar-refractivity contribution is 5.33. The molecular weight excluding hydrogens is 222 g/mol. The summed E-state index contributed by atoms with van der Waals surface area (Å²) < 4.78 is 5.83. The minimum atomic E-state index is 0.802. The van der Waals surface area contributed by atoms with Gasteiger partial charge >= 0.3 is 0 Å². The number of aryl methyl sites for hydroxylation is 2. The molecule has 0 amide bonds. The van der Waals surface area contributed by atoms with E-state index in [1.165, 1.54) is 37.1 Å². The summed E-state index contributed by atoms with van der Waals surface area (Å²) in [6.45, 7) is 10.9. The third kappa shape index (κ3) is 3.74. The molecule has 1 fully saturated rings. The molecule has 0 radical (unpaired) electrons. The summed E-state index contributed by atoms with van der Waals surface area (Å²) in [4.78, 5) is 2.51. The van der Waals surface area contributed by atoms with Crippen LogP contribution in [-0.2, 0) is 0 Å². The molecule has 0 atom stereocenters. The fourth-order valence-electron chi connectivity index (χ4n) is 2.38. The molecule has 0 bridgehead atoms. The maximum absolute atomic E-state index is 5.83. The summed E-state index contributed by atoms with van der Waals surface area (Å²) >= 11 is 0. The molecule has 0 N–H and O–H groups in total. The summed E-state index contributed by atoms with van der Waals surface area (Å²) in [5.41, 5.74) is 2.63. The van der Waals surface area contributed by atoms with Gasteiger partial charge < -0.3 is 4.74 Å². The van der Waals surface area contributed by atoms with Crippen molar-refractivity contribution >= 4 is 0 Å². The Bertz CT molecular complexity index is 381. The predicted molar refractivity (Wildman–Crippen MR) is 76.2 cm³/mol. The maximum Gasteiger partial charge on any atom is 0.119 e. The van der Waals surface area contributed by atoms with E-state index in [4.69, 9.17) is 4.74 Å². The molecule has 0 spiro atoms. The average molecular weight is 247 g/mol. The quantitative estimate of drug-likeness (QED) is 0.808. The van der Waals surface area contributed by atoms with Crippen LogP contribution in [0, 0.1) is 19.8 Å². The molecule has 0 aromatic heterocycles. The fourth-order valence-corrected chi connectivity index (χ4v) is 2.38. The third-order valence-corrected chi connectivity index (χ3v) is 4.03. The molecule has 18 heavy (non-hydrogen) atoms. The molecule has 0 unspecified atom stereocenters. The van der Waals surface area contributed by atoms with E-state index in [2.05, 4.69) is 43.9 Å². The van der Waals surface area contributed by atoms with Gasteiger partial charge in [0.2, 0.25) is 0 Å². The van der Waals surface area contributed by atoms with E-state index in [9.17, 15) is 0 Å². The Morgan fingerprint density at radius 3 is 2.56 bits per heavy atom. The molecule has 1 aliphatic rings. The standard InChI is InChI=1S/C16H25NO/c1-13-6-8-17(9-7-13)10-11-18-16-5-4-14(2)15(3)12-16/h4-5,12-13H,6-11H2,1-3H3. The van der Waals surface area contributed by atoms with Crippen molar-refractivity contribution in [2.24, 2.45) is 5.92 Å². The van der Waals surface area contributed by atoms with Crippen molar-refractivity contribution in [1.29, 1.82) is 0 Å². The zero-order valence-corrected chi connectivity index (χ0v) is 11.9. The van der Waals surface area contributed by atoms with E-state index < -0.39 is 0 Å². The summed E-state index contributed by atoms with van der Waals surface area (Å²) in [7, 11) is 0. The first-order valence-electron chi connectivity index (χ1n) is 7.07. The zero-order chi connectivity index (χ0) is 13.0. The lowest BCUT2D eigenvalue weighted by Crippen LogP contribution is -2.35. The van der Waals surface area contributed by atoms with Gasteiger partial charge in [-0.05, 0) is 69.0 Å². The van der Waals surface area contributed by atoms with Crippen molar-refractivity contribution in [3.05, 3.63) is 29.3 Å². The first-order valence-corrected chi connectivity index (χ1v) is 7.07. The van der Waals surface area contributed by atoms with Crippen LogP contribution in [0.4, 0.5) is 0 Å². The van der Waals surface area contributed by atoms with Gasteiger partial charge in [-0.25, -0.2) is 0 Å². The maximum atomic E-state index is 5.83. The normalized spacial score (nSPS) is 17.9. The van der Waals surface area contributed by atoms with Gasteiger partial charge in [-0.15, -0.1) is 0 Å². The van der Waals surface area contributed by atoms with Crippen molar-refractivity contribution < 1.29 is 4.74 Å². The van der Waals surface area contributed by atoms with Crippen molar-refractivity contribution in [3.8, 4) is 5.75 Å². The highest BCUT2D eigenvalue weighted by Gasteiger charge is 2.14. The highest BCUT2D eigenvalue weighted by atomic mass is 16.5. The zero-order valence-electron chi connectivity index (χ0n) is 11.9. The van der Waals surface area contributed by atoms with Crippen LogP contribution in [0.15, 0.2) is 18.2 Å². The first kappa shape index (κ1) is 13.4. The number of hydrogen-bond donors (Lipinski definition) is 0. The molecule has 0 saturated carbocycles. The van der Waals surface area contributed by atoms with Crippen LogP contribution in [0.2, 0.25) is 0 Å². The van der Waals surface area contributed by atoms with E-state index in [0.29, 0.717) is 0 Å². The minimum absolute atomic E-state index is 0.802. The van der Waals surface area contributed by atoms with Crippen LogP contribution >= 0.6 is 0 Å². The number of likely N-dealkylation sites (tertiary alicyclic amines) is 1. The van der Waals surface area contributed by atoms with Crippen molar-refractivity contribution in [3.63, 3.8) is 0 Å². The minimum Gasteiger partial charge on any atom is -0.492 e. The molecule has 1 aliphatic heterocycles. The van der Waals surface area contributed by atoms with Crippen LogP contribution in [0.5, 0.6) is 5.75 Å². The molecule has 1 aromatic rings. The molecule has 0 aliphatic carbocycles. The van der Waals surface area contributed by atoms with Gasteiger partial charge in [0.15, 0.2) is 0 Å². The average Bonchev–Trinajstić information content (AvgIpc) is 2.36. The van der Waals surface area contributed by atoms with E-state index in [1.54, 1.807) is 0 Å². The molecule has 2 nitrogen and oxygen atoms in total. The second-order valence-electron chi connectivity index (χ2n) is 5.62. The Hall–Kier alpha value is -1.02. The number of ether oxygens (including phenoxy) is 1. The Labute approximate surface area is 111 Å². The van der Waals surface area contributed by atoms with Crippen LogP contribution < -0.4 is 4.74 Å². The number of piperidine rings is 1. The lowest BCUT2D eigenvalue weighted by atomic mass is 9.99. The molecule has 2 heteroatoms. The lowest BCUT2D eigenvalue weighted by molar-refractivity contribution is 0.160. The number of benzene rings is 1. The second kappa shape index (κ2) is 6.24. The van der Waals surface area contributed by atoms with Gasteiger partial charge in [0.25, 0.3) is 0 Å². The van der Waals surface area contributed by atoms with Crippen LogP contribution in [0.25, 0.3) is 0 Å². The Morgan fingerprint density at radius 2 is 1.89 bits per heavy atom. The van der Waals surface area contributed by atoms with Crippen molar-refractivity contribution in [2.75, 3.05) is 26.2 Å². The Balaban J connectivity index is 1.73. The number of hydrogen-bond acceptors (Lipinski definition) is 2. The van der Waals surface area contributed by atoms with E-state index in [0.717, 1.165) is 24.8 Å². The molecule has 1 saturated heterocycles. The van der Waals surface area contributed by atoms with Gasteiger partial charge in [0.1, 0.15) is 12.4 Å². The molecule has 100 valence electrons. The van der Waals surface area contributed by atoms with Gasteiger partial charge in [-0.3, -0.25) is 4.90 Å². The van der Waals surface area contributed by atoms with Crippen LogP contribution in [-0.4, -0.2) is 31.1 Å². The first-order chi connectivity index (χ1) is 8.65. The van der Waals surface area contributed by atoms with Gasteiger partial charge in [-0.2, -0.15) is 0 Å². The number of nitrogens with zero attached hydrogens (tertiary/aromatic N) is 1. The van der Waals surface area contributed by atoms with Gasteiger partial charge in [0, 0.05) is 6.54 Å². The topological polar surface area (TPSA) is 12.5 Å². The van der Waals surface area contributed by atoms with E-state index >= 15 is 0 Å². The largest absolute Gasteiger partial charge is 0.492 e. The number of rotatable bonds is 4. The lowest BCUT2D eigenvalue weighted by Gasteiger charge is -2.29. The van der Waals surface area contributed by atoms with Crippen molar-refractivity contribution in [2.45, 2.75) is 33.6 Å². The summed E-state index contributed by atoms with van der Waals surface area (Å²) in [6, 6.07) is 6.33.